The lowest BCUT2D eigenvalue weighted by Crippen LogP contribution is -2.34. The molecule has 0 atom stereocenters. The van der Waals surface area contributed by atoms with E-state index in [2.05, 4.69) is 9.97 Å². The molecule has 0 spiro atoms. The van der Waals surface area contributed by atoms with E-state index in [0.29, 0.717) is 40.5 Å². The molecule has 3 aromatic rings. The topological polar surface area (TPSA) is 75.3 Å². The smallest absolute Gasteiger partial charge is 0.258 e. The molecule has 1 N–H and O–H groups in total. The van der Waals surface area contributed by atoms with Gasteiger partial charge in [0.25, 0.3) is 11.5 Å². The van der Waals surface area contributed by atoms with Gasteiger partial charge < -0.3 is 14.6 Å². The molecule has 1 aromatic heterocycles. The van der Waals surface area contributed by atoms with Gasteiger partial charge in [-0.2, -0.15) is 0 Å². The molecule has 0 saturated heterocycles. The highest BCUT2D eigenvalue weighted by Gasteiger charge is 2.18. The summed E-state index contributed by atoms with van der Waals surface area (Å²) in [5.41, 5.74) is 0.831. The average molecular weight is 372 g/mol. The highest BCUT2D eigenvalue weighted by molar-refractivity contribution is 6.30. The van der Waals surface area contributed by atoms with Crippen LogP contribution in [-0.2, 0) is 11.3 Å². The first kappa shape index (κ1) is 18.1. The van der Waals surface area contributed by atoms with Crippen molar-refractivity contribution in [1.82, 2.24) is 14.9 Å². The predicted octanol–water partition coefficient (Wildman–Crippen LogP) is 2.87. The molecule has 6 nitrogen and oxygen atoms in total. The van der Waals surface area contributed by atoms with Gasteiger partial charge in [0, 0.05) is 24.2 Å². The lowest BCUT2D eigenvalue weighted by molar-refractivity contribution is 0.0675. The number of benzene rings is 2. The maximum atomic E-state index is 12.8. The van der Waals surface area contributed by atoms with Crippen LogP contribution in [0.25, 0.3) is 10.9 Å². The summed E-state index contributed by atoms with van der Waals surface area (Å²) in [7, 11) is 1.57. The summed E-state index contributed by atoms with van der Waals surface area (Å²) in [5.74, 6) is 0.209. The lowest BCUT2D eigenvalue weighted by Gasteiger charge is -2.22. The van der Waals surface area contributed by atoms with E-state index in [-0.39, 0.29) is 18.0 Å². The third kappa shape index (κ3) is 4.09. The fourth-order valence-electron chi connectivity index (χ4n) is 2.65. The van der Waals surface area contributed by atoms with Crippen molar-refractivity contribution in [1.29, 1.82) is 0 Å². The van der Waals surface area contributed by atoms with Crippen LogP contribution in [0.2, 0.25) is 5.02 Å². The van der Waals surface area contributed by atoms with Crippen molar-refractivity contribution in [2.75, 3.05) is 20.3 Å². The van der Waals surface area contributed by atoms with E-state index in [0.717, 1.165) is 0 Å². The van der Waals surface area contributed by atoms with Gasteiger partial charge in [-0.3, -0.25) is 9.59 Å². The van der Waals surface area contributed by atoms with Crippen LogP contribution in [0.3, 0.4) is 0 Å². The van der Waals surface area contributed by atoms with Crippen LogP contribution in [0.15, 0.2) is 53.3 Å². The van der Waals surface area contributed by atoms with Crippen LogP contribution in [0, 0.1) is 0 Å². The molecule has 2 aromatic carbocycles. The van der Waals surface area contributed by atoms with Gasteiger partial charge >= 0.3 is 0 Å². The third-order valence-corrected chi connectivity index (χ3v) is 4.16. The molecule has 134 valence electrons. The number of hydrogen-bond acceptors (Lipinski definition) is 4. The predicted molar refractivity (Wildman–Crippen MR) is 100 cm³/mol. The molecule has 7 heteroatoms. The van der Waals surface area contributed by atoms with E-state index in [1.807, 2.05) is 6.07 Å². The number of para-hydroxylation sites is 1. The summed E-state index contributed by atoms with van der Waals surface area (Å²) in [5, 5.41) is 1.00. The van der Waals surface area contributed by atoms with Crippen molar-refractivity contribution in [3.05, 3.63) is 75.3 Å². The molecule has 1 amide bonds. The molecule has 0 bridgehead atoms. The zero-order valence-corrected chi connectivity index (χ0v) is 15.0. The number of carbonyl (C=O) groups excluding carboxylic acids is 1. The van der Waals surface area contributed by atoms with Gasteiger partial charge in [0.15, 0.2) is 0 Å². The zero-order chi connectivity index (χ0) is 18.5. The molecular weight excluding hydrogens is 354 g/mol. The van der Waals surface area contributed by atoms with Crippen molar-refractivity contribution >= 4 is 28.4 Å². The van der Waals surface area contributed by atoms with Crippen LogP contribution in [0.5, 0.6) is 0 Å². The van der Waals surface area contributed by atoms with Crippen LogP contribution >= 0.6 is 11.6 Å². The van der Waals surface area contributed by atoms with Crippen molar-refractivity contribution in [2.24, 2.45) is 0 Å². The van der Waals surface area contributed by atoms with Gasteiger partial charge in [0.2, 0.25) is 0 Å². The number of amides is 1. The number of rotatable bonds is 6. The maximum Gasteiger partial charge on any atom is 0.258 e. The molecular formula is C19H18ClN3O3. The molecule has 0 fully saturated rings. The molecule has 26 heavy (non-hydrogen) atoms. The fraction of sp³-hybridized carbons (Fsp3) is 0.211. The number of nitrogens with one attached hydrogen (secondary N) is 1. The Morgan fingerprint density at radius 2 is 2.04 bits per heavy atom. The lowest BCUT2D eigenvalue weighted by atomic mass is 10.2. The van der Waals surface area contributed by atoms with Gasteiger partial charge in [-0.1, -0.05) is 29.8 Å². The second kappa shape index (κ2) is 8.12. The molecule has 0 aliphatic carbocycles. The van der Waals surface area contributed by atoms with E-state index in [1.165, 1.54) is 0 Å². The minimum atomic E-state index is -0.229. The number of hydrogen-bond donors (Lipinski definition) is 1. The molecule has 0 unspecified atom stereocenters. The molecule has 3 rings (SSSR count). The number of methoxy groups -OCH3 is 1. The van der Waals surface area contributed by atoms with Gasteiger partial charge in [0.1, 0.15) is 5.82 Å². The summed E-state index contributed by atoms with van der Waals surface area (Å²) >= 11 is 5.99. The quantitative estimate of drug-likeness (QED) is 0.723. The highest BCUT2D eigenvalue weighted by atomic mass is 35.5. The molecule has 0 saturated carbocycles. The Morgan fingerprint density at radius 1 is 1.23 bits per heavy atom. The summed E-state index contributed by atoms with van der Waals surface area (Å²) < 4.78 is 5.10. The first-order chi connectivity index (χ1) is 12.6. The van der Waals surface area contributed by atoms with E-state index in [1.54, 1.807) is 54.5 Å². The van der Waals surface area contributed by atoms with E-state index in [9.17, 15) is 9.59 Å². The molecule has 1 heterocycles. The summed E-state index contributed by atoms with van der Waals surface area (Å²) in [6, 6.07) is 13.8. The van der Waals surface area contributed by atoms with Gasteiger partial charge in [-0.05, 0) is 30.3 Å². The third-order valence-electron chi connectivity index (χ3n) is 3.93. The fourth-order valence-corrected chi connectivity index (χ4v) is 2.84. The number of aromatic nitrogens is 2. The molecule has 0 aliphatic rings. The highest BCUT2D eigenvalue weighted by Crippen LogP contribution is 2.14. The Hall–Kier alpha value is -2.70. The number of carbonyl (C=O) groups is 1. The maximum absolute atomic E-state index is 12.8. The van der Waals surface area contributed by atoms with Crippen molar-refractivity contribution < 1.29 is 9.53 Å². The summed E-state index contributed by atoms with van der Waals surface area (Å²) in [4.78, 5) is 33.9. The number of halogens is 1. The largest absolute Gasteiger partial charge is 0.383 e. The normalized spacial score (nSPS) is 10.8. The van der Waals surface area contributed by atoms with Crippen molar-refractivity contribution in [3.8, 4) is 0 Å². The Balaban J connectivity index is 1.91. The van der Waals surface area contributed by atoms with Crippen LogP contribution in [0.1, 0.15) is 16.2 Å². The number of H-pyrrole nitrogens is 1. The summed E-state index contributed by atoms with van der Waals surface area (Å²) in [6.45, 7) is 0.886. The SMILES string of the molecule is COCCN(Cc1nc2ccccc2c(=O)[nH]1)C(=O)c1cccc(Cl)c1. The average Bonchev–Trinajstić information content (AvgIpc) is 2.64. The zero-order valence-electron chi connectivity index (χ0n) is 14.2. The van der Waals surface area contributed by atoms with Crippen LogP contribution < -0.4 is 5.56 Å². The number of aromatic amines is 1. The Kier molecular flexibility index (Phi) is 5.65. The Morgan fingerprint density at radius 3 is 2.81 bits per heavy atom. The van der Waals surface area contributed by atoms with Gasteiger partial charge in [-0.15, -0.1) is 0 Å². The van der Waals surface area contributed by atoms with Crippen LogP contribution in [0.4, 0.5) is 0 Å². The van der Waals surface area contributed by atoms with E-state index >= 15 is 0 Å². The second-order valence-electron chi connectivity index (χ2n) is 5.76. The van der Waals surface area contributed by atoms with E-state index in [4.69, 9.17) is 16.3 Å². The summed E-state index contributed by atoms with van der Waals surface area (Å²) in [6.07, 6.45) is 0. The number of ether oxygens (including phenoxy) is 1. The molecule has 0 aliphatic heterocycles. The minimum Gasteiger partial charge on any atom is -0.383 e. The first-order valence-corrected chi connectivity index (χ1v) is 8.48. The van der Waals surface area contributed by atoms with E-state index < -0.39 is 0 Å². The first-order valence-electron chi connectivity index (χ1n) is 8.10. The monoisotopic (exact) mass is 371 g/mol. The second-order valence-corrected chi connectivity index (χ2v) is 6.20. The van der Waals surface area contributed by atoms with Gasteiger partial charge in [-0.25, -0.2) is 4.98 Å². The number of fused-ring (bicyclic) bond motifs is 1. The molecule has 0 radical (unpaired) electrons. The van der Waals surface area contributed by atoms with Crippen LogP contribution in [-0.4, -0.2) is 41.0 Å². The number of nitrogens with zero attached hydrogens (tertiary/aromatic N) is 2. The van der Waals surface area contributed by atoms with Crippen molar-refractivity contribution in [2.45, 2.75) is 6.54 Å². The minimum absolute atomic E-state index is 0.161. The van der Waals surface area contributed by atoms with Gasteiger partial charge in [0.05, 0.1) is 24.1 Å². The standard InChI is InChI=1S/C19H18ClN3O3/c1-26-10-9-23(19(25)13-5-4-6-14(20)11-13)12-17-21-16-8-3-2-7-15(16)18(24)22-17/h2-8,11H,9-10,12H2,1H3,(H,21,22,24). The Bertz CT molecular complexity index is 987. The van der Waals surface area contributed by atoms with Crippen molar-refractivity contribution in [3.63, 3.8) is 0 Å². The Labute approximate surface area is 155 Å².